The molecular weight excluding hydrogens is 330 g/mol. The number of fused-ring (bicyclic) bond motifs is 2. The molecular formula is C20H19N3O3. The van der Waals surface area contributed by atoms with Gasteiger partial charge in [0.25, 0.3) is 5.91 Å². The zero-order valence-electron chi connectivity index (χ0n) is 14.3. The highest BCUT2D eigenvalue weighted by Crippen LogP contribution is 2.33. The second-order valence-electron chi connectivity index (χ2n) is 6.65. The quantitative estimate of drug-likeness (QED) is 0.906. The molecule has 0 spiro atoms. The molecule has 2 aromatic rings. The van der Waals surface area contributed by atoms with E-state index >= 15 is 0 Å². The van der Waals surface area contributed by atoms with Gasteiger partial charge in [-0.2, -0.15) is 0 Å². The lowest BCUT2D eigenvalue weighted by atomic mass is 10.1. The van der Waals surface area contributed by atoms with Crippen LogP contribution in [-0.2, 0) is 12.8 Å². The van der Waals surface area contributed by atoms with Gasteiger partial charge in [0, 0.05) is 17.8 Å². The van der Waals surface area contributed by atoms with Gasteiger partial charge in [0.1, 0.15) is 0 Å². The molecule has 0 aromatic heterocycles. The summed E-state index contributed by atoms with van der Waals surface area (Å²) in [6, 6.07) is 11.6. The number of guanidine groups is 1. The van der Waals surface area contributed by atoms with Crippen LogP contribution in [0.4, 0.5) is 5.69 Å². The van der Waals surface area contributed by atoms with Crippen LogP contribution < -0.4 is 14.8 Å². The number of carbonyl (C=O) groups is 1. The van der Waals surface area contributed by atoms with E-state index in [9.17, 15) is 4.79 Å². The van der Waals surface area contributed by atoms with Gasteiger partial charge in [-0.05, 0) is 54.7 Å². The fourth-order valence-electron chi connectivity index (χ4n) is 3.79. The molecule has 0 atom stereocenters. The monoisotopic (exact) mass is 349 g/mol. The van der Waals surface area contributed by atoms with Crippen molar-refractivity contribution < 1.29 is 14.3 Å². The molecule has 0 radical (unpaired) electrons. The van der Waals surface area contributed by atoms with E-state index in [2.05, 4.69) is 28.5 Å². The molecule has 0 saturated carbocycles. The van der Waals surface area contributed by atoms with Crippen molar-refractivity contribution in [2.45, 2.75) is 19.3 Å². The van der Waals surface area contributed by atoms with Crippen LogP contribution in [0.2, 0.25) is 0 Å². The SMILES string of the molecule is O=C(c1ccc2c(c1)OCO2)N1CCN=C1Nc1cccc2c1CCC2. The smallest absolute Gasteiger partial charge is 0.260 e. The van der Waals surface area contributed by atoms with E-state index in [0.29, 0.717) is 36.1 Å². The summed E-state index contributed by atoms with van der Waals surface area (Å²) < 4.78 is 10.7. The maximum Gasteiger partial charge on any atom is 0.260 e. The maximum atomic E-state index is 13.0. The van der Waals surface area contributed by atoms with Gasteiger partial charge in [-0.1, -0.05) is 12.1 Å². The first-order valence-corrected chi connectivity index (χ1v) is 8.93. The van der Waals surface area contributed by atoms with Crippen molar-refractivity contribution in [1.82, 2.24) is 4.90 Å². The highest BCUT2D eigenvalue weighted by atomic mass is 16.7. The molecule has 1 N–H and O–H groups in total. The number of rotatable bonds is 2. The van der Waals surface area contributed by atoms with Crippen molar-refractivity contribution in [3.8, 4) is 11.5 Å². The van der Waals surface area contributed by atoms with Crippen LogP contribution in [0, 0.1) is 0 Å². The molecule has 6 nitrogen and oxygen atoms in total. The fraction of sp³-hybridized carbons (Fsp3) is 0.300. The molecule has 132 valence electrons. The van der Waals surface area contributed by atoms with Gasteiger partial charge >= 0.3 is 0 Å². The molecule has 5 rings (SSSR count). The van der Waals surface area contributed by atoms with E-state index in [1.54, 1.807) is 23.1 Å². The van der Waals surface area contributed by atoms with Crippen molar-refractivity contribution in [2.24, 2.45) is 4.99 Å². The lowest BCUT2D eigenvalue weighted by molar-refractivity contribution is 0.0857. The Morgan fingerprint density at radius 1 is 1.12 bits per heavy atom. The predicted molar refractivity (Wildman–Crippen MR) is 98.0 cm³/mol. The lowest BCUT2D eigenvalue weighted by Crippen LogP contribution is -2.38. The minimum atomic E-state index is -0.0837. The van der Waals surface area contributed by atoms with Crippen molar-refractivity contribution in [1.29, 1.82) is 0 Å². The second kappa shape index (κ2) is 6.05. The van der Waals surface area contributed by atoms with E-state index in [4.69, 9.17) is 9.47 Å². The standard InChI is InChI=1S/C20H19N3O3/c24-19(14-7-8-17-18(11-14)26-12-25-17)23-10-9-21-20(23)22-16-6-2-4-13-3-1-5-15(13)16/h2,4,6-8,11H,1,3,5,9-10,12H2,(H,21,22). The number of aryl methyl sites for hydroxylation is 1. The molecule has 26 heavy (non-hydrogen) atoms. The lowest BCUT2D eigenvalue weighted by Gasteiger charge is -2.20. The topological polar surface area (TPSA) is 63.2 Å². The summed E-state index contributed by atoms with van der Waals surface area (Å²) in [6.45, 7) is 1.38. The Kier molecular flexibility index (Phi) is 3.55. The molecule has 0 unspecified atom stereocenters. The van der Waals surface area contributed by atoms with Crippen LogP contribution in [0.15, 0.2) is 41.4 Å². The Bertz CT molecular complexity index is 923. The summed E-state index contributed by atoms with van der Waals surface area (Å²) in [4.78, 5) is 19.2. The summed E-state index contributed by atoms with van der Waals surface area (Å²) in [5.74, 6) is 1.82. The molecule has 0 fully saturated rings. The van der Waals surface area contributed by atoms with Gasteiger partial charge in [0.15, 0.2) is 11.5 Å². The molecule has 1 aliphatic carbocycles. The van der Waals surface area contributed by atoms with E-state index in [1.165, 1.54) is 17.5 Å². The van der Waals surface area contributed by atoms with Gasteiger partial charge in [-0.15, -0.1) is 0 Å². The average Bonchev–Trinajstić information content (AvgIpc) is 3.40. The first-order chi connectivity index (χ1) is 12.8. The molecule has 2 aliphatic heterocycles. The number of ether oxygens (including phenoxy) is 2. The third-order valence-electron chi connectivity index (χ3n) is 5.10. The number of hydrogen-bond donors (Lipinski definition) is 1. The molecule has 0 saturated heterocycles. The Morgan fingerprint density at radius 3 is 3.00 bits per heavy atom. The van der Waals surface area contributed by atoms with E-state index in [1.807, 2.05) is 0 Å². The zero-order chi connectivity index (χ0) is 17.5. The molecule has 3 aliphatic rings. The number of nitrogens with zero attached hydrogens (tertiary/aromatic N) is 2. The first-order valence-electron chi connectivity index (χ1n) is 8.93. The van der Waals surface area contributed by atoms with Gasteiger partial charge in [-0.3, -0.25) is 14.7 Å². The number of amides is 1. The van der Waals surface area contributed by atoms with E-state index in [-0.39, 0.29) is 12.7 Å². The summed E-state index contributed by atoms with van der Waals surface area (Å²) in [7, 11) is 0. The van der Waals surface area contributed by atoms with Crippen molar-refractivity contribution >= 4 is 17.6 Å². The number of hydrogen-bond acceptors (Lipinski definition) is 5. The number of carbonyl (C=O) groups excluding carboxylic acids is 1. The van der Waals surface area contributed by atoms with Gasteiger partial charge in [-0.25, -0.2) is 0 Å². The summed E-state index contributed by atoms with van der Waals surface area (Å²) in [6.07, 6.45) is 3.37. The predicted octanol–water partition coefficient (Wildman–Crippen LogP) is 2.83. The molecule has 6 heteroatoms. The van der Waals surface area contributed by atoms with Crippen molar-refractivity contribution in [2.75, 3.05) is 25.2 Å². The number of anilines is 1. The van der Waals surface area contributed by atoms with Crippen LogP contribution >= 0.6 is 0 Å². The molecule has 0 bridgehead atoms. The summed E-state index contributed by atoms with van der Waals surface area (Å²) >= 11 is 0. The van der Waals surface area contributed by atoms with Crippen LogP contribution in [0.5, 0.6) is 11.5 Å². The van der Waals surface area contributed by atoms with Crippen molar-refractivity contribution in [3.63, 3.8) is 0 Å². The third kappa shape index (κ3) is 2.49. The largest absolute Gasteiger partial charge is 0.454 e. The number of aliphatic imine (C=N–C) groups is 1. The van der Waals surface area contributed by atoms with Gasteiger partial charge in [0.2, 0.25) is 12.8 Å². The van der Waals surface area contributed by atoms with Crippen LogP contribution in [0.3, 0.4) is 0 Å². The molecule has 2 aromatic carbocycles. The molecule has 2 heterocycles. The average molecular weight is 349 g/mol. The number of nitrogens with one attached hydrogen (secondary N) is 1. The van der Waals surface area contributed by atoms with Crippen LogP contribution in [0.25, 0.3) is 0 Å². The summed E-state index contributed by atoms with van der Waals surface area (Å²) in [5.41, 5.74) is 4.37. The minimum Gasteiger partial charge on any atom is -0.454 e. The Balaban J connectivity index is 1.39. The number of benzene rings is 2. The zero-order valence-corrected chi connectivity index (χ0v) is 14.3. The Morgan fingerprint density at radius 2 is 2.04 bits per heavy atom. The second-order valence-corrected chi connectivity index (χ2v) is 6.65. The van der Waals surface area contributed by atoms with Gasteiger partial charge < -0.3 is 14.8 Å². The van der Waals surface area contributed by atoms with E-state index in [0.717, 1.165) is 18.5 Å². The molecule has 1 amide bonds. The normalized spacial score (nSPS) is 17.2. The van der Waals surface area contributed by atoms with Gasteiger partial charge in [0.05, 0.1) is 6.54 Å². The van der Waals surface area contributed by atoms with Crippen LogP contribution in [0.1, 0.15) is 27.9 Å². The highest BCUT2D eigenvalue weighted by molar-refractivity contribution is 6.11. The van der Waals surface area contributed by atoms with Crippen molar-refractivity contribution in [3.05, 3.63) is 53.1 Å². The Hall–Kier alpha value is -3.02. The highest BCUT2D eigenvalue weighted by Gasteiger charge is 2.27. The third-order valence-corrected chi connectivity index (χ3v) is 5.10. The minimum absolute atomic E-state index is 0.0837. The van der Waals surface area contributed by atoms with E-state index < -0.39 is 0 Å². The maximum absolute atomic E-state index is 13.0. The first kappa shape index (κ1) is 15.3. The summed E-state index contributed by atoms with van der Waals surface area (Å²) in [5, 5.41) is 3.39. The van der Waals surface area contributed by atoms with Crippen LogP contribution in [-0.4, -0.2) is 36.6 Å². The fourth-order valence-corrected chi connectivity index (χ4v) is 3.79. The Labute approximate surface area is 151 Å².